The number of hydrogen-bond donors (Lipinski definition) is 0. The van der Waals surface area contributed by atoms with Gasteiger partial charge in [0.1, 0.15) is 18.2 Å². The van der Waals surface area contributed by atoms with E-state index in [0.717, 1.165) is 11.3 Å². The number of nitro benzene ring substituents is 1. The van der Waals surface area contributed by atoms with Crippen molar-refractivity contribution >= 4 is 5.69 Å². The zero-order valence-electron chi connectivity index (χ0n) is 14.3. The van der Waals surface area contributed by atoms with Crippen LogP contribution in [-0.4, -0.2) is 14.7 Å². The van der Waals surface area contributed by atoms with Gasteiger partial charge < -0.3 is 4.74 Å². The minimum Gasteiger partial charge on any atom is -0.480 e. The minimum atomic E-state index is -0.479. The first kappa shape index (κ1) is 17.2. The van der Waals surface area contributed by atoms with E-state index in [1.807, 2.05) is 30.3 Å². The molecule has 26 heavy (non-hydrogen) atoms. The molecule has 3 aromatic rings. The quantitative estimate of drug-likeness (QED) is 0.515. The molecule has 0 radical (unpaired) electrons. The van der Waals surface area contributed by atoms with Crippen LogP contribution in [0.4, 0.5) is 5.69 Å². The molecule has 0 unspecified atom stereocenters. The zero-order valence-corrected chi connectivity index (χ0v) is 14.3. The Morgan fingerprint density at radius 3 is 2.62 bits per heavy atom. The summed E-state index contributed by atoms with van der Waals surface area (Å²) in [7, 11) is 0. The Kier molecular flexibility index (Phi) is 4.67. The summed E-state index contributed by atoms with van der Waals surface area (Å²) in [6.45, 7) is 3.51. The first-order chi connectivity index (χ1) is 12.5. The second kappa shape index (κ2) is 7.07. The van der Waals surface area contributed by atoms with Crippen LogP contribution in [0, 0.1) is 35.3 Å². The van der Waals surface area contributed by atoms with Crippen LogP contribution >= 0.6 is 0 Å². The molecule has 7 nitrogen and oxygen atoms in total. The van der Waals surface area contributed by atoms with Crippen LogP contribution in [0.15, 0.2) is 48.5 Å². The van der Waals surface area contributed by atoms with Crippen molar-refractivity contribution in [1.29, 1.82) is 5.26 Å². The molecule has 0 N–H and O–H groups in total. The van der Waals surface area contributed by atoms with Gasteiger partial charge in [0.25, 0.3) is 0 Å². The van der Waals surface area contributed by atoms with Crippen molar-refractivity contribution in [3.63, 3.8) is 0 Å². The fourth-order valence-electron chi connectivity index (χ4n) is 2.67. The molecule has 0 saturated carbocycles. The molecule has 0 saturated heterocycles. The highest BCUT2D eigenvalue weighted by Gasteiger charge is 2.20. The Morgan fingerprint density at radius 2 is 1.96 bits per heavy atom. The van der Waals surface area contributed by atoms with Crippen molar-refractivity contribution in [2.24, 2.45) is 0 Å². The van der Waals surface area contributed by atoms with Crippen LogP contribution < -0.4 is 4.74 Å². The average Bonchev–Trinajstić information content (AvgIpc) is 2.96. The topological polar surface area (TPSA) is 94.0 Å². The Bertz CT molecular complexity index is 1000. The number of para-hydroxylation sites is 1. The molecule has 3 rings (SSSR count). The standard InChI is InChI=1S/C19H16N4O3/c1-13-8-9-19(17(10-13)23(24)25)26-12-18-16(11-20)14(2)21-22(18)15-6-4-3-5-7-15/h3-10H,12H2,1-2H3. The predicted molar refractivity (Wildman–Crippen MR) is 95.2 cm³/mol. The van der Waals surface area contributed by atoms with Gasteiger partial charge in [-0.25, -0.2) is 4.68 Å². The fraction of sp³-hybridized carbons (Fsp3) is 0.158. The average molecular weight is 348 g/mol. The number of nitro groups is 1. The molecule has 0 aliphatic rings. The normalized spacial score (nSPS) is 10.3. The predicted octanol–water partition coefficient (Wildman–Crippen LogP) is 3.85. The Labute approximate surface area is 150 Å². The lowest BCUT2D eigenvalue weighted by molar-refractivity contribution is -0.386. The summed E-state index contributed by atoms with van der Waals surface area (Å²) in [4.78, 5) is 10.8. The zero-order chi connectivity index (χ0) is 18.7. The van der Waals surface area contributed by atoms with Crippen LogP contribution in [0.1, 0.15) is 22.5 Å². The summed E-state index contributed by atoms with van der Waals surface area (Å²) in [6, 6.07) is 16.3. The van der Waals surface area contributed by atoms with Gasteiger partial charge in [-0.3, -0.25) is 10.1 Å². The fourth-order valence-corrected chi connectivity index (χ4v) is 2.67. The van der Waals surface area contributed by atoms with Crippen molar-refractivity contribution < 1.29 is 9.66 Å². The minimum absolute atomic E-state index is 0.0114. The number of hydrogen-bond acceptors (Lipinski definition) is 5. The molecule has 1 aromatic heterocycles. The van der Waals surface area contributed by atoms with Gasteiger partial charge in [0.15, 0.2) is 5.75 Å². The van der Waals surface area contributed by atoms with Crippen LogP contribution in [0.3, 0.4) is 0 Å². The molecule has 0 atom stereocenters. The molecule has 7 heteroatoms. The lowest BCUT2D eigenvalue weighted by Gasteiger charge is -2.10. The second-order valence-corrected chi connectivity index (χ2v) is 5.78. The van der Waals surface area contributed by atoms with Crippen molar-refractivity contribution in [3.8, 4) is 17.5 Å². The van der Waals surface area contributed by atoms with Gasteiger partial charge >= 0.3 is 5.69 Å². The van der Waals surface area contributed by atoms with Crippen molar-refractivity contribution in [2.75, 3.05) is 0 Å². The highest BCUT2D eigenvalue weighted by Crippen LogP contribution is 2.29. The first-order valence-corrected chi connectivity index (χ1v) is 7.93. The van der Waals surface area contributed by atoms with Gasteiger partial charge in [-0.05, 0) is 37.6 Å². The van der Waals surface area contributed by atoms with Gasteiger partial charge in [0, 0.05) is 6.07 Å². The highest BCUT2D eigenvalue weighted by atomic mass is 16.6. The third-order valence-corrected chi connectivity index (χ3v) is 3.94. The molecule has 130 valence electrons. The molecule has 0 fully saturated rings. The lowest BCUT2D eigenvalue weighted by atomic mass is 10.2. The number of aromatic nitrogens is 2. The number of nitriles is 1. The molecule has 0 bridgehead atoms. The molecule has 2 aromatic carbocycles. The van der Waals surface area contributed by atoms with Crippen LogP contribution in [0.25, 0.3) is 5.69 Å². The summed E-state index contributed by atoms with van der Waals surface area (Å²) < 4.78 is 7.34. The summed E-state index contributed by atoms with van der Waals surface area (Å²) in [5.41, 5.74) is 2.98. The number of benzene rings is 2. The maximum Gasteiger partial charge on any atom is 0.311 e. The van der Waals surface area contributed by atoms with E-state index in [2.05, 4.69) is 11.2 Å². The van der Waals surface area contributed by atoms with Gasteiger partial charge in [-0.1, -0.05) is 24.3 Å². The third kappa shape index (κ3) is 3.26. The summed E-state index contributed by atoms with van der Waals surface area (Å²) in [6.07, 6.45) is 0. The van der Waals surface area contributed by atoms with Crippen LogP contribution in [0.2, 0.25) is 0 Å². The molecule has 0 aliphatic carbocycles. The van der Waals surface area contributed by atoms with E-state index in [9.17, 15) is 15.4 Å². The molecular formula is C19H16N4O3. The Balaban J connectivity index is 1.99. The van der Waals surface area contributed by atoms with E-state index >= 15 is 0 Å². The molecular weight excluding hydrogens is 332 g/mol. The maximum atomic E-state index is 11.3. The molecule has 1 heterocycles. The second-order valence-electron chi connectivity index (χ2n) is 5.78. The van der Waals surface area contributed by atoms with Crippen molar-refractivity contribution in [1.82, 2.24) is 9.78 Å². The van der Waals surface area contributed by atoms with Gasteiger partial charge in [-0.2, -0.15) is 10.4 Å². The number of aryl methyl sites for hydroxylation is 2. The number of ether oxygens (including phenoxy) is 1. The van der Waals surface area contributed by atoms with Crippen molar-refractivity contribution in [2.45, 2.75) is 20.5 Å². The highest BCUT2D eigenvalue weighted by molar-refractivity contribution is 5.49. The Hall–Kier alpha value is -3.66. The first-order valence-electron chi connectivity index (χ1n) is 7.93. The third-order valence-electron chi connectivity index (χ3n) is 3.94. The lowest BCUT2D eigenvalue weighted by Crippen LogP contribution is -2.07. The molecule has 0 amide bonds. The maximum absolute atomic E-state index is 11.3. The SMILES string of the molecule is Cc1ccc(OCc2c(C#N)c(C)nn2-c2ccccc2)c([N+](=O)[O-])c1. The van der Waals surface area contributed by atoms with E-state index in [1.54, 1.807) is 30.7 Å². The number of nitrogens with zero attached hydrogens (tertiary/aromatic N) is 4. The van der Waals surface area contributed by atoms with Crippen molar-refractivity contribution in [3.05, 3.63) is 81.2 Å². The van der Waals surface area contributed by atoms with Crippen LogP contribution in [0.5, 0.6) is 5.75 Å². The monoisotopic (exact) mass is 348 g/mol. The van der Waals surface area contributed by atoms with Gasteiger partial charge in [-0.15, -0.1) is 0 Å². The summed E-state index contributed by atoms with van der Waals surface area (Å²) in [5.74, 6) is 0.156. The Morgan fingerprint density at radius 1 is 1.23 bits per heavy atom. The van der Waals surface area contributed by atoms with Gasteiger partial charge in [0.2, 0.25) is 0 Å². The summed E-state index contributed by atoms with van der Waals surface area (Å²) in [5, 5.41) is 25.1. The van der Waals surface area contributed by atoms with Gasteiger partial charge in [0.05, 0.1) is 22.0 Å². The molecule has 0 aliphatic heterocycles. The summed E-state index contributed by atoms with van der Waals surface area (Å²) >= 11 is 0. The van der Waals surface area contributed by atoms with E-state index in [-0.39, 0.29) is 18.0 Å². The molecule has 0 spiro atoms. The van der Waals surface area contributed by atoms with E-state index in [4.69, 9.17) is 4.74 Å². The number of rotatable bonds is 5. The largest absolute Gasteiger partial charge is 0.480 e. The smallest absolute Gasteiger partial charge is 0.311 e. The van der Waals surface area contributed by atoms with E-state index < -0.39 is 4.92 Å². The van der Waals surface area contributed by atoms with E-state index in [0.29, 0.717) is 17.0 Å². The van der Waals surface area contributed by atoms with E-state index in [1.165, 1.54) is 6.07 Å². The van der Waals surface area contributed by atoms with Crippen LogP contribution in [-0.2, 0) is 6.61 Å².